The third-order valence-corrected chi connectivity index (χ3v) is 3.59. The number of hydrogen-bond donors (Lipinski definition) is 1. The highest BCUT2D eigenvalue weighted by molar-refractivity contribution is 9.10. The molecule has 0 saturated carbocycles. The van der Waals surface area contributed by atoms with Crippen LogP contribution >= 0.6 is 27.5 Å². The number of nitrogens with one attached hydrogen (secondary N) is 1. The van der Waals surface area contributed by atoms with E-state index in [9.17, 15) is 0 Å². The van der Waals surface area contributed by atoms with E-state index in [1.165, 1.54) is 0 Å². The smallest absolute Gasteiger partial charge is 0.142 e. The van der Waals surface area contributed by atoms with Crippen LogP contribution in [0.3, 0.4) is 0 Å². The SMILES string of the molecule is CC(C)Oc1ccccc1NCc1cc(Br)ccc1Cl. The summed E-state index contributed by atoms with van der Waals surface area (Å²) in [4.78, 5) is 0. The molecular formula is C16H17BrClNO. The Morgan fingerprint density at radius 2 is 1.95 bits per heavy atom. The second-order valence-electron chi connectivity index (χ2n) is 4.75. The third kappa shape index (κ3) is 4.15. The highest BCUT2D eigenvalue weighted by atomic mass is 79.9. The number of anilines is 1. The number of halogens is 2. The van der Waals surface area contributed by atoms with Gasteiger partial charge in [-0.3, -0.25) is 0 Å². The van der Waals surface area contributed by atoms with Gasteiger partial charge in [0.1, 0.15) is 5.75 Å². The lowest BCUT2D eigenvalue weighted by atomic mass is 10.2. The van der Waals surface area contributed by atoms with E-state index >= 15 is 0 Å². The molecule has 2 aromatic rings. The Balaban J connectivity index is 2.12. The number of ether oxygens (including phenoxy) is 1. The molecule has 4 heteroatoms. The quantitative estimate of drug-likeness (QED) is 0.765. The predicted molar refractivity (Wildman–Crippen MR) is 88.7 cm³/mol. The van der Waals surface area contributed by atoms with Crippen molar-refractivity contribution in [2.45, 2.75) is 26.5 Å². The standard InChI is InChI=1S/C16H17BrClNO/c1-11(2)20-16-6-4-3-5-15(16)19-10-12-9-13(17)7-8-14(12)18/h3-9,11,19H,10H2,1-2H3. The first-order valence-electron chi connectivity index (χ1n) is 6.49. The molecule has 0 atom stereocenters. The Kier molecular flexibility index (Phi) is 5.32. The minimum absolute atomic E-state index is 0.146. The van der Waals surface area contributed by atoms with Gasteiger partial charge in [-0.1, -0.05) is 39.7 Å². The fourth-order valence-corrected chi connectivity index (χ4v) is 2.43. The summed E-state index contributed by atoms with van der Waals surface area (Å²) in [6, 6.07) is 13.8. The van der Waals surface area contributed by atoms with Crippen molar-refractivity contribution in [1.82, 2.24) is 0 Å². The number of rotatable bonds is 5. The molecule has 0 aromatic heterocycles. The van der Waals surface area contributed by atoms with Crippen molar-refractivity contribution < 1.29 is 4.74 Å². The summed E-state index contributed by atoms with van der Waals surface area (Å²) < 4.78 is 6.80. The maximum Gasteiger partial charge on any atom is 0.142 e. The Bertz CT molecular complexity index is 586. The summed E-state index contributed by atoms with van der Waals surface area (Å²) in [5.74, 6) is 0.855. The van der Waals surface area contributed by atoms with Gasteiger partial charge in [0.25, 0.3) is 0 Å². The highest BCUT2D eigenvalue weighted by Gasteiger charge is 2.06. The minimum Gasteiger partial charge on any atom is -0.489 e. The molecule has 0 spiro atoms. The maximum atomic E-state index is 6.19. The average molecular weight is 355 g/mol. The maximum absolute atomic E-state index is 6.19. The first-order valence-corrected chi connectivity index (χ1v) is 7.67. The van der Waals surface area contributed by atoms with Gasteiger partial charge in [0.15, 0.2) is 0 Å². The molecule has 0 amide bonds. The van der Waals surface area contributed by atoms with Gasteiger partial charge in [0.2, 0.25) is 0 Å². The summed E-state index contributed by atoms with van der Waals surface area (Å²) in [6.45, 7) is 4.68. The highest BCUT2D eigenvalue weighted by Crippen LogP contribution is 2.27. The van der Waals surface area contributed by atoms with Crippen LogP contribution in [0.15, 0.2) is 46.9 Å². The number of hydrogen-bond acceptors (Lipinski definition) is 2. The predicted octanol–water partition coefficient (Wildman–Crippen LogP) is 5.50. The summed E-state index contributed by atoms with van der Waals surface area (Å²) in [6.07, 6.45) is 0.146. The van der Waals surface area contributed by atoms with Gasteiger partial charge in [0.05, 0.1) is 11.8 Å². The van der Waals surface area contributed by atoms with E-state index in [1.807, 2.05) is 56.3 Å². The van der Waals surface area contributed by atoms with Gasteiger partial charge in [-0.2, -0.15) is 0 Å². The van der Waals surface area contributed by atoms with Crippen LogP contribution in [0.4, 0.5) is 5.69 Å². The largest absolute Gasteiger partial charge is 0.489 e. The minimum atomic E-state index is 0.146. The Labute approximate surface area is 133 Å². The lowest BCUT2D eigenvalue weighted by Crippen LogP contribution is -2.08. The fraction of sp³-hybridized carbons (Fsp3) is 0.250. The van der Waals surface area contributed by atoms with Gasteiger partial charge in [-0.25, -0.2) is 0 Å². The summed E-state index contributed by atoms with van der Waals surface area (Å²) in [5, 5.41) is 4.13. The zero-order chi connectivity index (χ0) is 14.5. The zero-order valence-corrected chi connectivity index (χ0v) is 13.8. The lowest BCUT2D eigenvalue weighted by Gasteiger charge is -2.16. The second-order valence-corrected chi connectivity index (χ2v) is 6.07. The third-order valence-electron chi connectivity index (χ3n) is 2.73. The normalized spacial score (nSPS) is 10.7. The summed E-state index contributed by atoms with van der Waals surface area (Å²) >= 11 is 9.65. The van der Waals surface area contributed by atoms with Crippen LogP contribution in [0, 0.1) is 0 Å². The van der Waals surface area contributed by atoms with Crippen molar-refractivity contribution in [1.29, 1.82) is 0 Å². The Morgan fingerprint density at radius 3 is 2.70 bits per heavy atom. The van der Waals surface area contributed by atoms with E-state index in [4.69, 9.17) is 16.3 Å². The molecule has 0 saturated heterocycles. The zero-order valence-electron chi connectivity index (χ0n) is 11.5. The topological polar surface area (TPSA) is 21.3 Å². The molecule has 0 aliphatic carbocycles. The molecule has 0 radical (unpaired) electrons. The molecule has 0 heterocycles. The Hall–Kier alpha value is -1.19. The van der Waals surface area contributed by atoms with Gasteiger partial charge >= 0.3 is 0 Å². The van der Waals surface area contributed by atoms with E-state index in [2.05, 4.69) is 21.2 Å². The van der Waals surface area contributed by atoms with E-state index in [0.717, 1.165) is 26.5 Å². The van der Waals surface area contributed by atoms with E-state index < -0.39 is 0 Å². The van der Waals surface area contributed by atoms with Gasteiger partial charge < -0.3 is 10.1 Å². The molecule has 0 bridgehead atoms. The van der Waals surface area contributed by atoms with Crippen molar-refractivity contribution in [3.05, 3.63) is 57.5 Å². The van der Waals surface area contributed by atoms with Crippen LogP contribution in [0.5, 0.6) is 5.75 Å². The molecule has 2 rings (SSSR count). The molecule has 2 aromatic carbocycles. The van der Waals surface area contributed by atoms with Crippen LogP contribution in [0.25, 0.3) is 0 Å². The monoisotopic (exact) mass is 353 g/mol. The van der Waals surface area contributed by atoms with E-state index in [0.29, 0.717) is 6.54 Å². The van der Waals surface area contributed by atoms with Crippen molar-refractivity contribution in [2.75, 3.05) is 5.32 Å². The number of para-hydroxylation sites is 2. The molecule has 1 N–H and O–H groups in total. The van der Waals surface area contributed by atoms with Crippen molar-refractivity contribution in [2.24, 2.45) is 0 Å². The molecule has 0 fully saturated rings. The molecular weight excluding hydrogens is 338 g/mol. The van der Waals surface area contributed by atoms with Crippen LogP contribution < -0.4 is 10.1 Å². The van der Waals surface area contributed by atoms with E-state index in [-0.39, 0.29) is 6.10 Å². The summed E-state index contributed by atoms with van der Waals surface area (Å²) in [5.41, 5.74) is 2.01. The molecule has 20 heavy (non-hydrogen) atoms. The van der Waals surface area contributed by atoms with Gasteiger partial charge in [-0.15, -0.1) is 0 Å². The van der Waals surface area contributed by atoms with Crippen LogP contribution in [-0.2, 0) is 6.54 Å². The molecule has 2 nitrogen and oxygen atoms in total. The Morgan fingerprint density at radius 1 is 1.20 bits per heavy atom. The lowest BCUT2D eigenvalue weighted by molar-refractivity contribution is 0.243. The average Bonchev–Trinajstić information content (AvgIpc) is 2.41. The van der Waals surface area contributed by atoms with Crippen LogP contribution in [0.2, 0.25) is 5.02 Å². The summed E-state index contributed by atoms with van der Waals surface area (Å²) in [7, 11) is 0. The molecule has 106 valence electrons. The van der Waals surface area contributed by atoms with Crippen LogP contribution in [-0.4, -0.2) is 6.10 Å². The first-order chi connectivity index (χ1) is 9.56. The van der Waals surface area contributed by atoms with Gasteiger partial charge in [0, 0.05) is 16.0 Å². The van der Waals surface area contributed by atoms with Crippen molar-refractivity contribution >= 4 is 33.2 Å². The molecule has 0 unspecified atom stereocenters. The van der Waals surface area contributed by atoms with E-state index in [1.54, 1.807) is 0 Å². The van der Waals surface area contributed by atoms with Gasteiger partial charge in [-0.05, 0) is 49.7 Å². The van der Waals surface area contributed by atoms with Crippen molar-refractivity contribution in [3.63, 3.8) is 0 Å². The first kappa shape index (κ1) is 15.2. The molecule has 0 aliphatic heterocycles. The van der Waals surface area contributed by atoms with Crippen molar-refractivity contribution in [3.8, 4) is 5.75 Å². The number of benzene rings is 2. The molecule has 0 aliphatic rings. The van der Waals surface area contributed by atoms with Crippen LogP contribution in [0.1, 0.15) is 19.4 Å². The second kappa shape index (κ2) is 7.00. The fourth-order valence-electron chi connectivity index (χ4n) is 1.84.